The maximum absolute atomic E-state index is 13.9. The molecule has 0 unspecified atom stereocenters. The fourth-order valence-electron chi connectivity index (χ4n) is 1.79. The van der Waals surface area contributed by atoms with Gasteiger partial charge >= 0.3 is 0 Å². The summed E-state index contributed by atoms with van der Waals surface area (Å²) in [6.45, 7) is 2.38. The van der Waals surface area contributed by atoms with Crippen LogP contribution in [0.15, 0.2) is 17.0 Å². The molecule has 0 saturated heterocycles. The topological polar surface area (TPSA) is 58.6 Å². The first-order chi connectivity index (χ1) is 9.34. The zero-order valence-electron chi connectivity index (χ0n) is 12.2. The molecule has 0 amide bonds. The minimum atomic E-state index is -3.72. The Morgan fingerprint density at radius 1 is 1.40 bits per heavy atom. The van der Waals surface area contributed by atoms with Crippen molar-refractivity contribution in [2.24, 2.45) is 0 Å². The summed E-state index contributed by atoms with van der Waals surface area (Å²) in [5.74, 6) is -0.517. The van der Waals surface area contributed by atoms with Crippen LogP contribution in [0.25, 0.3) is 0 Å². The molecule has 20 heavy (non-hydrogen) atoms. The number of halogens is 1. The average Bonchev–Trinajstić information content (AvgIpc) is 2.39. The third kappa shape index (κ3) is 3.76. The number of hydrogen-bond acceptors (Lipinski definition) is 4. The highest BCUT2D eigenvalue weighted by atomic mass is 32.2. The summed E-state index contributed by atoms with van der Waals surface area (Å²) in [7, 11) is 0.953. The van der Waals surface area contributed by atoms with Crippen molar-refractivity contribution < 1.29 is 17.5 Å². The summed E-state index contributed by atoms with van der Waals surface area (Å²) >= 11 is 0. The Balaban J connectivity index is 3.22. The van der Waals surface area contributed by atoms with Crippen molar-refractivity contribution in [2.45, 2.75) is 18.4 Å². The van der Waals surface area contributed by atoms with Gasteiger partial charge in [0.2, 0.25) is 10.0 Å². The van der Waals surface area contributed by atoms with E-state index in [0.29, 0.717) is 12.1 Å². The lowest BCUT2D eigenvalue weighted by atomic mass is 10.1. The van der Waals surface area contributed by atoms with Gasteiger partial charge in [-0.2, -0.15) is 4.31 Å². The van der Waals surface area contributed by atoms with Crippen molar-refractivity contribution in [1.82, 2.24) is 9.62 Å². The third-order valence-corrected chi connectivity index (χ3v) is 5.02. The summed E-state index contributed by atoms with van der Waals surface area (Å²) in [5.41, 5.74) is 0.725. The molecule has 114 valence electrons. The highest BCUT2D eigenvalue weighted by molar-refractivity contribution is 7.89. The molecule has 0 atom stereocenters. The monoisotopic (exact) mass is 304 g/mol. The third-order valence-electron chi connectivity index (χ3n) is 3.04. The molecule has 0 aromatic heterocycles. The van der Waals surface area contributed by atoms with Crippen LogP contribution >= 0.6 is 0 Å². The second-order valence-corrected chi connectivity index (χ2v) is 6.56. The van der Waals surface area contributed by atoms with E-state index in [9.17, 15) is 12.8 Å². The lowest BCUT2D eigenvalue weighted by Gasteiger charge is -2.19. The Morgan fingerprint density at radius 3 is 2.60 bits per heavy atom. The van der Waals surface area contributed by atoms with E-state index >= 15 is 0 Å². The largest absolute Gasteiger partial charge is 0.383 e. The molecule has 0 radical (unpaired) electrons. The quantitative estimate of drug-likeness (QED) is 0.820. The Kier molecular flexibility index (Phi) is 6.07. The maximum atomic E-state index is 13.9. The number of nitrogens with one attached hydrogen (secondary N) is 1. The van der Waals surface area contributed by atoms with Gasteiger partial charge in [-0.15, -0.1) is 0 Å². The molecule has 1 rings (SSSR count). The molecule has 5 nitrogen and oxygen atoms in total. The number of hydrogen-bond donors (Lipinski definition) is 1. The van der Waals surface area contributed by atoms with Gasteiger partial charge in [0.15, 0.2) is 0 Å². The zero-order chi connectivity index (χ0) is 15.3. The average molecular weight is 304 g/mol. The minimum absolute atomic E-state index is 0.00125. The first-order valence-corrected chi connectivity index (χ1v) is 7.67. The Bertz CT molecular complexity index is 561. The molecule has 1 aromatic carbocycles. The van der Waals surface area contributed by atoms with E-state index in [2.05, 4.69) is 5.32 Å². The van der Waals surface area contributed by atoms with Crippen LogP contribution in [0.5, 0.6) is 0 Å². The lowest BCUT2D eigenvalue weighted by Crippen LogP contribution is -2.31. The van der Waals surface area contributed by atoms with Gasteiger partial charge in [0, 0.05) is 32.8 Å². The number of likely N-dealkylation sites (N-methyl/N-ethyl adjacent to an activating group) is 1. The van der Waals surface area contributed by atoms with Gasteiger partial charge in [0.05, 0.1) is 11.5 Å². The maximum Gasteiger partial charge on any atom is 0.243 e. The van der Waals surface area contributed by atoms with Gasteiger partial charge in [-0.25, -0.2) is 12.8 Å². The molecule has 0 fully saturated rings. The van der Waals surface area contributed by atoms with Crippen molar-refractivity contribution in [3.63, 3.8) is 0 Å². The molecule has 0 spiro atoms. The predicted molar refractivity (Wildman–Crippen MR) is 75.6 cm³/mol. The molecule has 1 aromatic rings. The Morgan fingerprint density at radius 2 is 2.05 bits per heavy atom. The summed E-state index contributed by atoms with van der Waals surface area (Å²) in [4.78, 5) is 0.00125. The summed E-state index contributed by atoms with van der Waals surface area (Å²) in [6, 6.07) is 2.85. The summed E-state index contributed by atoms with van der Waals surface area (Å²) < 4.78 is 44.8. The summed E-state index contributed by atoms with van der Waals surface area (Å²) in [5, 5.41) is 2.88. The van der Waals surface area contributed by atoms with Gasteiger partial charge < -0.3 is 10.1 Å². The second kappa shape index (κ2) is 7.12. The zero-order valence-corrected chi connectivity index (χ0v) is 13.1. The highest BCUT2D eigenvalue weighted by Gasteiger charge is 2.24. The first kappa shape index (κ1) is 17.0. The normalized spacial score (nSPS) is 12.1. The molecule has 0 aliphatic carbocycles. The highest BCUT2D eigenvalue weighted by Crippen LogP contribution is 2.23. The number of benzene rings is 1. The van der Waals surface area contributed by atoms with Crippen LogP contribution in [0, 0.1) is 12.7 Å². The lowest BCUT2D eigenvalue weighted by molar-refractivity contribution is 0.185. The van der Waals surface area contributed by atoms with Crippen LogP contribution < -0.4 is 5.32 Å². The summed E-state index contributed by atoms with van der Waals surface area (Å²) in [6.07, 6.45) is 0. The van der Waals surface area contributed by atoms with E-state index in [1.165, 1.54) is 37.5 Å². The van der Waals surface area contributed by atoms with Crippen LogP contribution in [0.3, 0.4) is 0 Å². The van der Waals surface area contributed by atoms with E-state index < -0.39 is 15.8 Å². The van der Waals surface area contributed by atoms with Crippen molar-refractivity contribution in [1.29, 1.82) is 0 Å². The van der Waals surface area contributed by atoms with Crippen molar-refractivity contribution in [3.05, 3.63) is 29.1 Å². The molecular weight excluding hydrogens is 283 g/mol. The molecule has 0 heterocycles. The van der Waals surface area contributed by atoms with Crippen LogP contribution in [-0.2, 0) is 21.3 Å². The fraction of sp³-hybridized carbons (Fsp3) is 0.538. The van der Waals surface area contributed by atoms with Gasteiger partial charge in [0.1, 0.15) is 5.82 Å². The number of rotatable bonds is 7. The van der Waals surface area contributed by atoms with Crippen molar-refractivity contribution >= 4 is 10.0 Å². The van der Waals surface area contributed by atoms with Gasteiger partial charge in [-0.3, -0.25) is 0 Å². The van der Waals surface area contributed by atoms with Crippen LogP contribution in [-0.4, -0.2) is 47.1 Å². The van der Waals surface area contributed by atoms with Gasteiger partial charge in [-0.1, -0.05) is 0 Å². The minimum Gasteiger partial charge on any atom is -0.383 e. The van der Waals surface area contributed by atoms with E-state index in [0.717, 1.165) is 0 Å². The van der Waals surface area contributed by atoms with E-state index in [4.69, 9.17) is 4.74 Å². The van der Waals surface area contributed by atoms with Crippen molar-refractivity contribution in [2.75, 3.05) is 34.4 Å². The SMILES string of the molecule is CNCc1cc(F)c(C)c(S(=O)(=O)N(C)CCOC)c1. The molecule has 0 aliphatic heterocycles. The van der Waals surface area contributed by atoms with Crippen molar-refractivity contribution in [3.8, 4) is 0 Å². The van der Waals surface area contributed by atoms with Gasteiger partial charge in [-0.05, 0) is 31.7 Å². The molecular formula is C13H21FN2O3S. The van der Waals surface area contributed by atoms with Gasteiger partial charge in [0.25, 0.3) is 0 Å². The van der Waals surface area contributed by atoms with E-state index in [1.807, 2.05) is 0 Å². The first-order valence-electron chi connectivity index (χ1n) is 6.23. The standard InChI is InChI=1S/C13H21FN2O3S/c1-10-12(14)7-11(9-15-2)8-13(10)20(17,18)16(3)5-6-19-4/h7-8,15H,5-6,9H2,1-4H3. The van der Waals surface area contributed by atoms with Crippen LogP contribution in [0.1, 0.15) is 11.1 Å². The smallest absolute Gasteiger partial charge is 0.243 e. The molecule has 7 heteroatoms. The number of sulfonamides is 1. The van der Waals surface area contributed by atoms with Crippen LogP contribution in [0.2, 0.25) is 0 Å². The fourth-order valence-corrected chi connectivity index (χ4v) is 3.22. The molecule has 0 bridgehead atoms. The Labute approximate surface area is 119 Å². The number of ether oxygens (including phenoxy) is 1. The number of methoxy groups -OCH3 is 1. The Hall–Kier alpha value is -1.02. The number of nitrogens with zero attached hydrogens (tertiary/aromatic N) is 1. The van der Waals surface area contributed by atoms with Crippen LogP contribution in [0.4, 0.5) is 4.39 Å². The predicted octanol–water partition coefficient (Wildman–Crippen LogP) is 1.12. The molecule has 0 aliphatic rings. The second-order valence-electron chi connectivity index (χ2n) is 4.55. The molecule has 0 saturated carbocycles. The van der Waals surface area contributed by atoms with E-state index in [1.54, 1.807) is 7.05 Å². The molecule has 1 N–H and O–H groups in total. The van der Waals surface area contributed by atoms with E-state index in [-0.39, 0.29) is 23.6 Å².